The van der Waals surface area contributed by atoms with Crippen molar-refractivity contribution < 1.29 is 8.42 Å². The summed E-state index contributed by atoms with van der Waals surface area (Å²) in [4.78, 5) is 0.264. The van der Waals surface area contributed by atoms with Gasteiger partial charge in [0.2, 0.25) is 10.0 Å². The quantitative estimate of drug-likeness (QED) is 0.239. The molecule has 0 saturated carbocycles. The second-order valence-electron chi connectivity index (χ2n) is 9.25. The topological polar surface area (TPSA) is 58.2 Å². The molecule has 2 N–H and O–H groups in total. The molecule has 36 heavy (non-hydrogen) atoms. The molecule has 4 nitrogen and oxygen atoms in total. The molecule has 0 fully saturated rings. The van der Waals surface area contributed by atoms with E-state index < -0.39 is 16.1 Å². The fourth-order valence-corrected chi connectivity index (χ4v) is 5.57. The maximum atomic E-state index is 13.5. The summed E-state index contributed by atoms with van der Waals surface area (Å²) in [5.74, 6) is 0. The summed E-state index contributed by atoms with van der Waals surface area (Å²) in [5.41, 5.74) is 5.53. The third-order valence-electron chi connectivity index (χ3n) is 6.39. The summed E-state index contributed by atoms with van der Waals surface area (Å²) in [5, 5.41) is 3.67. The molecule has 4 aromatic carbocycles. The van der Waals surface area contributed by atoms with Crippen LogP contribution < -0.4 is 10.0 Å². The average molecular weight is 499 g/mol. The largest absolute Gasteiger partial charge is 0.308 e. The molecule has 186 valence electrons. The molecule has 5 heteroatoms. The van der Waals surface area contributed by atoms with E-state index in [0.717, 1.165) is 36.1 Å². The Morgan fingerprint density at radius 2 is 1.14 bits per heavy atom. The highest BCUT2D eigenvalue weighted by Crippen LogP contribution is 2.31. The van der Waals surface area contributed by atoms with E-state index in [2.05, 4.69) is 41.2 Å². The van der Waals surface area contributed by atoms with E-state index in [-0.39, 0.29) is 10.9 Å². The lowest BCUT2D eigenvalue weighted by Crippen LogP contribution is -2.39. The Hall–Kier alpha value is -3.25. The van der Waals surface area contributed by atoms with Crippen molar-refractivity contribution in [1.29, 1.82) is 0 Å². The molecule has 0 aromatic heterocycles. The molecule has 4 aromatic rings. The second kappa shape index (κ2) is 12.1. The molecule has 0 heterocycles. The molecular weight excluding hydrogens is 464 g/mol. The molecule has 0 aliphatic carbocycles. The summed E-state index contributed by atoms with van der Waals surface area (Å²) in [6, 6.07) is 34.7. The number of sulfonamides is 1. The normalized spacial score (nSPS) is 13.3. The van der Waals surface area contributed by atoms with Gasteiger partial charge in [0.25, 0.3) is 0 Å². The zero-order valence-electron chi connectivity index (χ0n) is 20.9. The summed E-state index contributed by atoms with van der Waals surface area (Å²) < 4.78 is 30.0. The van der Waals surface area contributed by atoms with Crippen molar-refractivity contribution in [3.63, 3.8) is 0 Å². The third kappa shape index (κ3) is 6.91. The molecular formula is C31H34N2O2S. The first kappa shape index (κ1) is 25.8. The minimum absolute atomic E-state index is 0.244. The Labute approximate surface area is 215 Å². The van der Waals surface area contributed by atoms with Crippen LogP contribution in [0.5, 0.6) is 0 Å². The molecule has 0 radical (unpaired) electrons. The standard InChI is InChI=1S/C31H34N2O2S/c1-24-15-19-26(20-16-24)10-9-23-32-30(27-11-5-3-6-12-27)31(28-13-7-4-8-14-28)33-36(34,35)29-21-17-25(2)18-22-29/h3-8,11-22,30-33H,9-10,23H2,1-2H3/t30?,31-/m0/s1. The van der Waals surface area contributed by atoms with Gasteiger partial charge in [-0.15, -0.1) is 0 Å². The number of hydrogen-bond acceptors (Lipinski definition) is 3. The Kier molecular flexibility index (Phi) is 8.70. The van der Waals surface area contributed by atoms with Crippen LogP contribution in [0.2, 0.25) is 0 Å². The van der Waals surface area contributed by atoms with E-state index in [0.29, 0.717) is 0 Å². The van der Waals surface area contributed by atoms with Crippen LogP contribution in [0.3, 0.4) is 0 Å². The number of nitrogens with one attached hydrogen (secondary N) is 2. The summed E-state index contributed by atoms with van der Waals surface area (Å²) in [7, 11) is -3.75. The molecule has 4 rings (SSSR count). The van der Waals surface area contributed by atoms with Crippen LogP contribution in [0.15, 0.2) is 114 Å². The minimum atomic E-state index is -3.75. The third-order valence-corrected chi connectivity index (χ3v) is 7.85. The van der Waals surface area contributed by atoms with E-state index in [9.17, 15) is 8.42 Å². The molecule has 0 saturated heterocycles. The van der Waals surface area contributed by atoms with Gasteiger partial charge in [-0.05, 0) is 62.1 Å². The van der Waals surface area contributed by atoms with Gasteiger partial charge in [-0.2, -0.15) is 0 Å². The van der Waals surface area contributed by atoms with Crippen molar-refractivity contribution in [2.24, 2.45) is 0 Å². The highest BCUT2D eigenvalue weighted by Gasteiger charge is 2.29. The molecule has 0 aliphatic rings. The van der Waals surface area contributed by atoms with Gasteiger partial charge < -0.3 is 5.32 Å². The van der Waals surface area contributed by atoms with Gasteiger partial charge >= 0.3 is 0 Å². The van der Waals surface area contributed by atoms with Gasteiger partial charge in [0, 0.05) is 0 Å². The maximum Gasteiger partial charge on any atom is 0.241 e. The van der Waals surface area contributed by atoms with E-state index in [1.165, 1.54) is 11.1 Å². The van der Waals surface area contributed by atoms with Crippen molar-refractivity contribution in [2.45, 2.75) is 43.7 Å². The fourth-order valence-electron chi connectivity index (χ4n) is 4.33. The second-order valence-corrected chi connectivity index (χ2v) is 11.0. The van der Waals surface area contributed by atoms with E-state index in [1.807, 2.05) is 79.7 Å². The van der Waals surface area contributed by atoms with Crippen molar-refractivity contribution >= 4 is 10.0 Å². The van der Waals surface area contributed by atoms with Gasteiger partial charge in [0.15, 0.2) is 0 Å². The average Bonchev–Trinajstić information content (AvgIpc) is 2.90. The van der Waals surface area contributed by atoms with Crippen LogP contribution in [0.25, 0.3) is 0 Å². The Morgan fingerprint density at radius 3 is 1.69 bits per heavy atom. The van der Waals surface area contributed by atoms with Gasteiger partial charge in [-0.1, -0.05) is 108 Å². The lowest BCUT2D eigenvalue weighted by atomic mass is 9.94. The zero-order valence-corrected chi connectivity index (χ0v) is 21.7. The Balaban J connectivity index is 1.60. The predicted molar refractivity (Wildman–Crippen MR) is 147 cm³/mol. The monoisotopic (exact) mass is 498 g/mol. The summed E-state index contributed by atoms with van der Waals surface area (Å²) >= 11 is 0. The number of aryl methyl sites for hydroxylation is 3. The molecule has 0 bridgehead atoms. The fraction of sp³-hybridized carbons (Fsp3) is 0.226. The van der Waals surface area contributed by atoms with Crippen LogP contribution in [0, 0.1) is 13.8 Å². The molecule has 2 atom stereocenters. The van der Waals surface area contributed by atoms with Crippen LogP contribution in [-0.2, 0) is 16.4 Å². The van der Waals surface area contributed by atoms with Crippen LogP contribution >= 0.6 is 0 Å². The number of benzene rings is 4. The van der Waals surface area contributed by atoms with Crippen LogP contribution in [0.1, 0.15) is 46.3 Å². The highest BCUT2D eigenvalue weighted by molar-refractivity contribution is 7.89. The lowest BCUT2D eigenvalue weighted by Gasteiger charge is -2.30. The van der Waals surface area contributed by atoms with Crippen LogP contribution in [-0.4, -0.2) is 15.0 Å². The lowest BCUT2D eigenvalue weighted by molar-refractivity contribution is 0.420. The molecule has 0 amide bonds. The Bertz CT molecular complexity index is 1320. The minimum Gasteiger partial charge on any atom is -0.308 e. The van der Waals surface area contributed by atoms with Crippen molar-refractivity contribution in [3.8, 4) is 0 Å². The maximum absolute atomic E-state index is 13.5. The number of rotatable bonds is 11. The van der Waals surface area contributed by atoms with Gasteiger partial charge in [0.05, 0.1) is 17.0 Å². The van der Waals surface area contributed by atoms with Gasteiger partial charge in [-0.25, -0.2) is 13.1 Å². The SMILES string of the molecule is Cc1ccc(CCCNC(c2ccccc2)[C@@H](NS(=O)(=O)c2ccc(C)cc2)c2ccccc2)cc1. The van der Waals surface area contributed by atoms with E-state index >= 15 is 0 Å². The van der Waals surface area contributed by atoms with Gasteiger partial charge in [0.1, 0.15) is 0 Å². The predicted octanol–water partition coefficient (Wildman–Crippen LogP) is 6.29. The van der Waals surface area contributed by atoms with Crippen molar-refractivity contribution in [2.75, 3.05) is 6.54 Å². The first-order valence-corrected chi connectivity index (χ1v) is 13.9. The highest BCUT2D eigenvalue weighted by atomic mass is 32.2. The smallest absolute Gasteiger partial charge is 0.241 e. The molecule has 0 spiro atoms. The first-order chi connectivity index (χ1) is 17.4. The Morgan fingerprint density at radius 1 is 0.639 bits per heavy atom. The number of hydrogen-bond donors (Lipinski definition) is 2. The molecule has 0 aliphatic heterocycles. The van der Waals surface area contributed by atoms with E-state index in [1.54, 1.807) is 12.1 Å². The summed E-state index contributed by atoms with van der Waals surface area (Å²) in [6.45, 7) is 4.79. The zero-order chi connectivity index (χ0) is 25.4. The van der Waals surface area contributed by atoms with Crippen molar-refractivity contribution in [1.82, 2.24) is 10.0 Å². The van der Waals surface area contributed by atoms with Crippen LogP contribution in [0.4, 0.5) is 0 Å². The molecule has 1 unspecified atom stereocenters. The van der Waals surface area contributed by atoms with E-state index in [4.69, 9.17) is 0 Å². The van der Waals surface area contributed by atoms with Gasteiger partial charge in [-0.3, -0.25) is 0 Å². The van der Waals surface area contributed by atoms with Crippen molar-refractivity contribution in [3.05, 3.63) is 137 Å². The first-order valence-electron chi connectivity index (χ1n) is 12.4. The summed E-state index contributed by atoms with van der Waals surface area (Å²) in [6.07, 6.45) is 1.90.